The first kappa shape index (κ1) is 16.0. The lowest BCUT2D eigenvalue weighted by Gasteiger charge is -2.35. The average Bonchev–Trinajstić information content (AvgIpc) is 2.47. The lowest BCUT2D eigenvalue weighted by Crippen LogP contribution is -2.53. The normalized spacial score (nSPS) is 17.0. The molecular weight excluding hydrogens is 264 g/mol. The second kappa shape index (κ2) is 7.05. The van der Waals surface area contributed by atoms with Crippen molar-refractivity contribution in [3.63, 3.8) is 0 Å². The van der Waals surface area contributed by atoms with Crippen LogP contribution in [0.25, 0.3) is 0 Å². The molecule has 1 saturated heterocycles. The van der Waals surface area contributed by atoms with Crippen molar-refractivity contribution in [1.29, 1.82) is 0 Å². The maximum absolute atomic E-state index is 12.1. The van der Waals surface area contributed by atoms with Gasteiger partial charge < -0.3 is 15.4 Å². The fourth-order valence-corrected chi connectivity index (χ4v) is 2.62. The summed E-state index contributed by atoms with van der Waals surface area (Å²) in [6.45, 7) is 5.76. The van der Waals surface area contributed by atoms with E-state index in [-0.39, 0.29) is 12.0 Å². The lowest BCUT2D eigenvalue weighted by atomic mass is 10.0. The van der Waals surface area contributed by atoms with E-state index in [4.69, 9.17) is 10.5 Å². The molecule has 1 aromatic carbocycles. The van der Waals surface area contributed by atoms with Crippen molar-refractivity contribution in [2.45, 2.75) is 44.8 Å². The topological polar surface area (TPSA) is 55.6 Å². The number of benzene rings is 1. The number of amides is 1. The smallest absolute Gasteiger partial charge is 0.242 e. The van der Waals surface area contributed by atoms with Gasteiger partial charge in [-0.3, -0.25) is 4.79 Å². The van der Waals surface area contributed by atoms with E-state index in [1.807, 2.05) is 23.1 Å². The van der Waals surface area contributed by atoms with Crippen LogP contribution < -0.4 is 5.73 Å². The summed E-state index contributed by atoms with van der Waals surface area (Å²) in [5.41, 5.74) is 6.39. The predicted octanol–water partition coefficient (Wildman–Crippen LogP) is 1.97. The van der Waals surface area contributed by atoms with Crippen LogP contribution in [0.2, 0.25) is 0 Å². The van der Waals surface area contributed by atoms with Crippen molar-refractivity contribution in [1.82, 2.24) is 4.90 Å². The molecule has 21 heavy (non-hydrogen) atoms. The van der Waals surface area contributed by atoms with Gasteiger partial charge in [-0.15, -0.1) is 0 Å². The number of rotatable bonds is 5. The molecule has 0 bridgehead atoms. The Morgan fingerprint density at radius 3 is 2.48 bits per heavy atom. The Morgan fingerprint density at radius 1 is 1.29 bits per heavy atom. The standard InChI is InChI=1S/C17H26N2O2/c1-17(2,18)16(20)19-11-8-15(9-12-19)21-13-10-14-6-4-3-5-7-14/h3-7,15H,8-13,18H2,1-2H3. The van der Waals surface area contributed by atoms with Crippen molar-refractivity contribution < 1.29 is 9.53 Å². The Labute approximate surface area is 127 Å². The first-order valence-electron chi connectivity index (χ1n) is 7.70. The summed E-state index contributed by atoms with van der Waals surface area (Å²) >= 11 is 0. The van der Waals surface area contributed by atoms with Crippen LogP contribution in [-0.2, 0) is 16.0 Å². The molecule has 0 spiro atoms. The minimum absolute atomic E-state index is 0.0326. The highest BCUT2D eigenvalue weighted by Crippen LogP contribution is 2.17. The van der Waals surface area contributed by atoms with Gasteiger partial charge >= 0.3 is 0 Å². The van der Waals surface area contributed by atoms with Crippen LogP contribution in [0.15, 0.2) is 30.3 Å². The summed E-state index contributed by atoms with van der Waals surface area (Å²) in [5, 5.41) is 0. The second-order valence-corrected chi connectivity index (χ2v) is 6.32. The first-order valence-corrected chi connectivity index (χ1v) is 7.70. The molecule has 4 nitrogen and oxygen atoms in total. The Morgan fingerprint density at radius 2 is 1.90 bits per heavy atom. The van der Waals surface area contributed by atoms with E-state index in [1.165, 1.54) is 5.56 Å². The predicted molar refractivity (Wildman–Crippen MR) is 84.0 cm³/mol. The highest BCUT2D eigenvalue weighted by atomic mass is 16.5. The van der Waals surface area contributed by atoms with Gasteiger partial charge in [-0.2, -0.15) is 0 Å². The van der Waals surface area contributed by atoms with Gasteiger partial charge in [0.05, 0.1) is 18.2 Å². The number of carbonyl (C=O) groups excluding carboxylic acids is 1. The number of hydrogen-bond donors (Lipinski definition) is 1. The van der Waals surface area contributed by atoms with Crippen molar-refractivity contribution >= 4 is 5.91 Å². The molecule has 0 aliphatic carbocycles. The summed E-state index contributed by atoms with van der Waals surface area (Å²) in [6.07, 6.45) is 3.00. The molecule has 2 N–H and O–H groups in total. The van der Waals surface area contributed by atoms with Gasteiger partial charge in [0.2, 0.25) is 5.91 Å². The van der Waals surface area contributed by atoms with Gasteiger partial charge in [-0.25, -0.2) is 0 Å². The van der Waals surface area contributed by atoms with Crippen molar-refractivity contribution in [2.24, 2.45) is 5.73 Å². The Hall–Kier alpha value is -1.39. The van der Waals surface area contributed by atoms with Crippen LogP contribution in [0.5, 0.6) is 0 Å². The Kier molecular flexibility index (Phi) is 5.37. The molecule has 0 radical (unpaired) electrons. The zero-order chi connectivity index (χ0) is 15.3. The number of carbonyl (C=O) groups is 1. The van der Waals surface area contributed by atoms with Gasteiger partial charge in [-0.05, 0) is 38.7 Å². The summed E-state index contributed by atoms with van der Waals surface area (Å²) in [4.78, 5) is 13.9. The van der Waals surface area contributed by atoms with E-state index in [0.29, 0.717) is 0 Å². The number of nitrogens with zero attached hydrogens (tertiary/aromatic N) is 1. The second-order valence-electron chi connectivity index (χ2n) is 6.32. The van der Waals surface area contributed by atoms with Crippen LogP contribution in [0.3, 0.4) is 0 Å². The molecule has 2 rings (SSSR count). The van der Waals surface area contributed by atoms with Crippen molar-refractivity contribution in [3.8, 4) is 0 Å². The van der Waals surface area contributed by atoms with Gasteiger partial charge in [0.15, 0.2) is 0 Å². The van der Waals surface area contributed by atoms with E-state index >= 15 is 0 Å². The zero-order valence-electron chi connectivity index (χ0n) is 13.0. The van der Waals surface area contributed by atoms with Crippen LogP contribution in [-0.4, -0.2) is 42.1 Å². The summed E-state index contributed by atoms with van der Waals surface area (Å²) in [7, 11) is 0. The maximum Gasteiger partial charge on any atom is 0.242 e. The number of likely N-dealkylation sites (tertiary alicyclic amines) is 1. The molecule has 116 valence electrons. The molecule has 0 aromatic heterocycles. The van der Waals surface area contributed by atoms with E-state index in [1.54, 1.807) is 13.8 Å². The van der Waals surface area contributed by atoms with Crippen LogP contribution in [0.1, 0.15) is 32.3 Å². The fraction of sp³-hybridized carbons (Fsp3) is 0.588. The monoisotopic (exact) mass is 290 g/mol. The Bertz CT molecular complexity index is 446. The maximum atomic E-state index is 12.1. The molecule has 1 heterocycles. The van der Waals surface area contributed by atoms with Gasteiger partial charge in [-0.1, -0.05) is 30.3 Å². The molecule has 0 unspecified atom stereocenters. The molecule has 1 aromatic rings. The number of hydrogen-bond acceptors (Lipinski definition) is 3. The van der Waals surface area contributed by atoms with E-state index < -0.39 is 5.54 Å². The largest absolute Gasteiger partial charge is 0.378 e. The van der Waals surface area contributed by atoms with Gasteiger partial charge in [0.25, 0.3) is 0 Å². The zero-order valence-corrected chi connectivity index (χ0v) is 13.0. The molecule has 1 aliphatic heterocycles. The molecule has 1 amide bonds. The highest BCUT2D eigenvalue weighted by molar-refractivity contribution is 5.85. The fourth-order valence-electron chi connectivity index (χ4n) is 2.62. The van der Waals surface area contributed by atoms with Gasteiger partial charge in [0, 0.05) is 13.1 Å². The lowest BCUT2D eigenvalue weighted by molar-refractivity contribution is -0.138. The molecule has 1 aliphatic rings. The first-order chi connectivity index (χ1) is 9.97. The van der Waals surface area contributed by atoms with Crippen LogP contribution >= 0.6 is 0 Å². The number of ether oxygens (including phenoxy) is 1. The minimum Gasteiger partial charge on any atom is -0.378 e. The summed E-state index contributed by atoms with van der Waals surface area (Å²) in [6, 6.07) is 10.4. The number of piperidine rings is 1. The molecule has 0 saturated carbocycles. The van der Waals surface area contributed by atoms with E-state index in [2.05, 4.69) is 12.1 Å². The minimum atomic E-state index is -0.777. The Balaban J connectivity index is 1.69. The van der Waals surface area contributed by atoms with Crippen LogP contribution in [0.4, 0.5) is 0 Å². The van der Waals surface area contributed by atoms with E-state index in [9.17, 15) is 4.79 Å². The third-order valence-electron chi connectivity index (χ3n) is 3.87. The number of nitrogens with two attached hydrogens (primary N) is 1. The SMILES string of the molecule is CC(C)(N)C(=O)N1CCC(OCCc2ccccc2)CC1. The third-order valence-corrected chi connectivity index (χ3v) is 3.87. The van der Waals surface area contributed by atoms with E-state index in [0.717, 1.165) is 39.0 Å². The molecular formula is C17H26N2O2. The quantitative estimate of drug-likeness (QED) is 0.902. The molecule has 0 atom stereocenters. The third kappa shape index (κ3) is 4.83. The van der Waals surface area contributed by atoms with Crippen LogP contribution in [0, 0.1) is 0 Å². The molecule has 1 fully saturated rings. The summed E-state index contributed by atoms with van der Waals surface area (Å²) in [5.74, 6) is 0.0326. The summed E-state index contributed by atoms with van der Waals surface area (Å²) < 4.78 is 5.93. The van der Waals surface area contributed by atoms with Crippen molar-refractivity contribution in [2.75, 3.05) is 19.7 Å². The van der Waals surface area contributed by atoms with Gasteiger partial charge in [0.1, 0.15) is 0 Å². The van der Waals surface area contributed by atoms with Crippen molar-refractivity contribution in [3.05, 3.63) is 35.9 Å². The molecule has 4 heteroatoms. The highest BCUT2D eigenvalue weighted by Gasteiger charge is 2.30. The average molecular weight is 290 g/mol.